The van der Waals surface area contributed by atoms with Crippen LogP contribution >= 0.6 is 0 Å². The minimum atomic E-state index is 0.155. The van der Waals surface area contributed by atoms with Crippen molar-refractivity contribution in [2.24, 2.45) is 5.73 Å². The quantitative estimate of drug-likeness (QED) is 0.856. The first-order valence-electron chi connectivity index (χ1n) is 6.21. The van der Waals surface area contributed by atoms with E-state index < -0.39 is 0 Å². The van der Waals surface area contributed by atoms with Crippen LogP contribution in [0.4, 0.5) is 0 Å². The van der Waals surface area contributed by atoms with Gasteiger partial charge in [-0.2, -0.15) is 10.2 Å². The Morgan fingerprint density at radius 3 is 2.72 bits per heavy atom. The second kappa shape index (κ2) is 5.30. The molecule has 2 heterocycles. The third-order valence-electron chi connectivity index (χ3n) is 2.68. The first-order valence-corrected chi connectivity index (χ1v) is 6.21. The predicted molar refractivity (Wildman–Crippen MR) is 69.1 cm³/mol. The molecule has 0 aliphatic carbocycles. The molecule has 0 radical (unpaired) electrons. The zero-order valence-electron chi connectivity index (χ0n) is 11.1. The normalized spacial score (nSPS) is 13.2. The summed E-state index contributed by atoms with van der Waals surface area (Å²) in [7, 11) is 0. The summed E-state index contributed by atoms with van der Waals surface area (Å²) in [6.07, 6.45) is 6.31. The van der Waals surface area contributed by atoms with Gasteiger partial charge in [-0.15, -0.1) is 0 Å². The summed E-state index contributed by atoms with van der Waals surface area (Å²) in [5, 5.41) is 8.54. The van der Waals surface area contributed by atoms with Gasteiger partial charge >= 0.3 is 0 Å². The Bertz CT molecular complexity index is 496. The summed E-state index contributed by atoms with van der Waals surface area (Å²) >= 11 is 0. The molecule has 0 saturated carbocycles. The number of nitrogens with two attached hydrogens (primary N) is 1. The van der Waals surface area contributed by atoms with Crippen molar-refractivity contribution in [3.63, 3.8) is 0 Å². The van der Waals surface area contributed by atoms with Gasteiger partial charge in [-0.3, -0.25) is 4.68 Å². The third-order valence-corrected chi connectivity index (χ3v) is 2.68. The van der Waals surface area contributed by atoms with E-state index in [2.05, 4.69) is 29.0 Å². The molecule has 0 amide bonds. The topological polar surface area (TPSA) is 74.6 Å². The molecule has 2 rings (SSSR count). The molecule has 0 aliphatic rings. The van der Waals surface area contributed by atoms with Crippen LogP contribution in [0.25, 0.3) is 0 Å². The van der Waals surface area contributed by atoms with E-state index in [4.69, 9.17) is 5.73 Å². The van der Waals surface area contributed by atoms with Gasteiger partial charge in [0, 0.05) is 18.3 Å². The summed E-state index contributed by atoms with van der Waals surface area (Å²) in [6, 6.07) is 0.462. The fraction of sp³-hybridized carbons (Fsp3) is 0.583. The van der Waals surface area contributed by atoms with Crippen LogP contribution in [0.5, 0.6) is 0 Å². The summed E-state index contributed by atoms with van der Waals surface area (Å²) in [5.74, 6) is 0.917. The van der Waals surface area contributed by atoms with Gasteiger partial charge in [0.15, 0.2) is 0 Å². The van der Waals surface area contributed by atoms with E-state index in [0.717, 1.165) is 17.8 Å². The van der Waals surface area contributed by atoms with Gasteiger partial charge in [0.1, 0.15) is 18.7 Å². The van der Waals surface area contributed by atoms with Crippen molar-refractivity contribution in [1.82, 2.24) is 24.5 Å². The molecular formula is C12H20N6. The summed E-state index contributed by atoms with van der Waals surface area (Å²) < 4.78 is 3.79. The molecule has 0 aliphatic heterocycles. The van der Waals surface area contributed by atoms with Gasteiger partial charge in [-0.05, 0) is 32.8 Å². The second-order valence-electron chi connectivity index (χ2n) is 4.94. The SMILES string of the molecule is CC(N)Cc1cnn(Cc2ncnn2C(C)C)c1. The molecule has 18 heavy (non-hydrogen) atoms. The first-order chi connectivity index (χ1) is 8.56. The van der Waals surface area contributed by atoms with Crippen LogP contribution in [0.1, 0.15) is 38.2 Å². The van der Waals surface area contributed by atoms with E-state index in [0.29, 0.717) is 12.6 Å². The van der Waals surface area contributed by atoms with Crippen LogP contribution in [-0.2, 0) is 13.0 Å². The molecule has 6 heteroatoms. The van der Waals surface area contributed by atoms with Crippen molar-refractivity contribution in [3.05, 3.63) is 30.1 Å². The molecule has 98 valence electrons. The Kier molecular flexibility index (Phi) is 3.76. The maximum absolute atomic E-state index is 5.77. The summed E-state index contributed by atoms with van der Waals surface area (Å²) in [5.41, 5.74) is 6.92. The van der Waals surface area contributed by atoms with Crippen LogP contribution in [0.15, 0.2) is 18.7 Å². The lowest BCUT2D eigenvalue weighted by Crippen LogP contribution is -2.17. The number of aromatic nitrogens is 5. The lowest BCUT2D eigenvalue weighted by atomic mass is 10.1. The molecule has 1 unspecified atom stereocenters. The second-order valence-corrected chi connectivity index (χ2v) is 4.94. The Hall–Kier alpha value is -1.69. The van der Waals surface area contributed by atoms with E-state index in [1.807, 2.05) is 28.7 Å². The lowest BCUT2D eigenvalue weighted by Gasteiger charge is -2.09. The van der Waals surface area contributed by atoms with Crippen molar-refractivity contribution < 1.29 is 0 Å². The standard InChI is InChI=1S/C12H20N6/c1-9(2)18-12(14-8-16-18)7-17-6-11(5-15-17)4-10(3)13/h5-6,8-10H,4,7,13H2,1-3H3. The molecule has 0 spiro atoms. The third kappa shape index (κ3) is 2.95. The fourth-order valence-corrected chi connectivity index (χ4v) is 1.93. The van der Waals surface area contributed by atoms with Gasteiger partial charge in [0.2, 0.25) is 0 Å². The zero-order chi connectivity index (χ0) is 13.1. The van der Waals surface area contributed by atoms with Crippen LogP contribution < -0.4 is 5.73 Å². The molecule has 2 aromatic rings. The van der Waals surface area contributed by atoms with Crippen molar-refractivity contribution in [2.75, 3.05) is 0 Å². The van der Waals surface area contributed by atoms with Crippen LogP contribution in [0, 0.1) is 0 Å². The fourth-order valence-electron chi connectivity index (χ4n) is 1.93. The van der Waals surface area contributed by atoms with Crippen molar-refractivity contribution >= 4 is 0 Å². The van der Waals surface area contributed by atoms with Gasteiger partial charge in [-0.1, -0.05) is 0 Å². The predicted octanol–water partition coefficient (Wildman–Crippen LogP) is 0.993. The van der Waals surface area contributed by atoms with Gasteiger partial charge in [0.05, 0.1) is 6.20 Å². The van der Waals surface area contributed by atoms with Crippen LogP contribution in [0.3, 0.4) is 0 Å². The Balaban J connectivity index is 2.09. The van der Waals surface area contributed by atoms with Crippen molar-refractivity contribution in [3.8, 4) is 0 Å². The van der Waals surface area contributed by atoms with Gasteiger partial charge in [0.25, 0.3) is 0 Å². The lowest BCUT2D eigenvalue weighted by molar-refractivity contribution is 0.488. The van der Waals surface area contributed by atoms with Gasteiger partial charge < -0.3 is 5.73 Å². The molecule has 0 fully saturated rings. The highest BCUT2D eigenvalue weighted by atomic mass is 15.4. The van der Waals surface area contributed by atoms with Crippen molar-refractivity contribution in [2.45, 2.75) is 45.8 Å². The first kappa shape index (κ1) is 12.8. The maximum atomic E-state index is 5.77. The molecular weight excluding hydrogens is 228 g/mol. The highest BCUT2D eigenvalue weighted by Gasteiger charge is 2.09. The van der Waals surface area contributed by atoms with E-state index in [1.54, 1.807) is 6.33 Å². The minimum absolute atomic E-state index is 0.155. The van der Waals surface area contributed by atoms with Crippen LogP contribution in [-0.4, -0.2) is 30.6 Å². The molecule has 0 saturated heterocycles. The van der Waals surface area contributed by atoms with E-state index in [9.17, 15) is 0 Å². The van der Waals surface area contributed by atoms with Crippen molar-refractivity contribution in [1.29, 1.82) is 0 Å². The molecule has 1 atom stereocenters. The molecule has 0 aromatic carbocycles. The largest absolute Gasteiger partial charge is 0.328 e. The summed E-state index contributed by atoms with van der Waals surface area (Å²) in [6.45, 7) is 6.80. The highest BCUT2D eigenvalue weighted by molar-refractivity contribution is 5.06. The van der Waals surface area contributed by atoms with Crippen LogP contribution in [0.2, 0.25) is 0 Å². The number of nitrogens with zero attached hydrogens (tertiary/aromatic N) is 5. The average Bonchev–Trinajstić information content (AvgIpc) is 2.87. The highest BCUT2D eigenvalue weighted by Crippen LogP contribution is 2.08. The van der Waals surface area contributed by atoms with E-state index in [1.165, 1.54) is 0 Å². The molecule has 2 aromatic heterocycles. The van der Waals surface area contributed by atoms with Gasteiger partial charge in [-0.25, -0.2) is 9.67 Å². The Morgan fingerprint density at radius 2 is 2.06 bits per heavy atom. The van der Waals surface area contributed by atoms with E-state index >= 15 is 0 Å². The maximum Gasteiger partial charge on any atom is 0.148 e. The summed E-state index contributed by atoms with van der Waals surface area (Å²) in [4.78, 5) is 4.27. The molecule has 0 bridgehead atoms. The Morgan fingerprint density at radius 1 is 1.28 bits per heavy atom. The smallest absolute Gasteiger partial charge is 0.148 e. The monoisotopic (exact) mass is 248 g/mol. The Labute approximate surface area is 107 Å². The van der Waals surface area contributed by atoms with E-state index in [-0.39, 0.29) is 6.04 Å². The molecule has 6 nitrogen and oxygen atoms in total. The minimum Gasteiger partial charge on any atom is -0.328 e. The molecule has 2 N–H and O–H groups in total. The number of hydrogen-bond acceptors (Lipinski definition) is 4. The number of hydrogen-bond donors (Lipinski definition) is 1. The zero-order valence-corrected chi connectivity index (χ0v) is 11.1. The average molecular weight is 248 g/mol. The number of rotatable bonds is 5.